The second-order valence-corrected chi connectivity index (χ2v) is 20.3. The summed E-state index contributed by atoms with van der Waals surface area (Å²) in [5.41, 5.74) is 0. The summed E-state index contributed by atoms with van der Waals surface area (Å²) >= 11 is 0. The number of allylic oxidation sites excluding steroid dienone is 5. The molecule has 0 saturated heterocycles. The first-order valence-corrected chi connectivity index (χ1v) is 29.7. The van der Waals surface area contributed by atoms with E-state index in [9.17, 15) is 19.8 Å². The molecule has 0 bridgehead atoms. The molecular weight excluding hydrogens is 827 g/mol. The Morgan fingerprint density at radius 1 is 0.418 bits per heavy atom. The van der Waals surface area contributed by atoms with Gasteiger partial charge in [-0.15, -0.1) is 0 Å². The van der Waals surface area contributed by atoms with E-state index < -0.39 is 12.1 Å². The van der Waals surface area contributed by atoms with Crippen LogP contribution in [0.25, 0.3) is 0 Å². The van der Waals surface area contributed by atoms with Crippen molar-refractivity contribution in [1.29, 1.82) is 0 Å². The Morgan fingerprint density at radius 2 is 0.746 bits per heavy atom. The molecule has 0 aromatic carbocycles. The molecule has 6 heteroatoms. The van der Waals surface area contributed by atoms with Crippen LogP contribution >= 0.6 is 0 Å². The highest BCUT2D eigenvalue weighted by molar-refractivity contribution is 5.76. The standard InChI is InChI=1S/C61H115NO5/c1-3-5-7-9-11-13-15-17-18-26-30-33-37-41-45-49-53-59(64)58(57-63)62-60(65)54-50-46-42-38-34-31-27-24-22-20-19-21-23-25-28-32-36-40-44-48-52-56-67-61(66)55-51-47-43-39-35-29-16-14-12-10-8-6-4-2/h14,16,32,36,44,48,58-59,63-64H,3-13,15,17-31,33-35,37-43,45-47,49-57H2,1-2H3,(H,62,65)/b16-14-,36-32-,48-44-. The first-order valence-electron chi connectivity index (χ1n) is 29.7. The number of hydrogen-bond donors (Lipinski definition) is 3. The average molecular weight is 943 g/mol. The maximum absolute atomic E-state index is 12.5. The molecule has 2 unspecified atom stereocenters. The minimum atomic E-state index is -0.668. The van der Waals surface area contributed by atoms with Crippen molar-refractivity contribution in [1.82, 2.24) is 5.32 Å². The van der Waals surface area contributed by atoms with Crippen LogP contribution in [0.3, 0.4) is 0 Å². The maximum Gasteiger partial charge on any atom is 0.305 e. The van der Waals surface area contributed by atoms with Crippen molar-refractivity contribution in [3.8, 4) is 0 Å². The molecule has 0 fully saturated rings. The second-order valence-electron chi connectivity index (χ2n) is 20.3. The zero-order valence-electron chi connectivity index (χ0n) is 44.9. The van der Waals surface area contributed by atoms with E-state index in [0.29, 0.717) is 25.9 Å². The predicted octanol–water partition coefficient (Wildman–Crippen LogP) is 18.4. The van der Waals surface area contributed by atoms with E-state index in [4.69, 9.17) is 4.74 Å². The highest BCUT2D eigenvalue weighted by Crippen LogP contribution is 2.17. The largest absolute Gasteiger partial charge is 0.465 e. The molecule has 0 rings (SSSR count). The van der Waals surface area contributed by atoms with Gasteiger partial charge in [0.15, 0.2) is 0 Å². The van der Waals surface area contributed by atoms with Gasteiger partial charge in [0.1, 0.15) is 0 Å². The summed E-state index contributed by atoms with van der Waals surface area (Å²) in [5, 5.41) is 23.3. The summed E-state index contributed by atoms with van der Waals surface area (Å²) in [7, 11) is 0. The Bertz CT molecular complexity index is 1090. The van der Waals surface area contributed by atoms with Crippen molar-refractivity contribution >= 4 is 11.9 Å². The number of unbranched alkanes of at least 4 members (excludes halogenated alkanes) is 38. The minimum absolute atomic E-state index is 0.0385. The van der Waals surface area contributed by atoms with Crippen molar-refractivity contribution in [2.45, 2.75) is 328 Å². The number of amides is 1. The second kappa shape index (κ2) is 56.7. The highest BCUT2D eigenvalue weighted by Gasteiger charge is 2.20. The monoisotopic (exact) mass is 942 g/mol. The van der Waals surface area contributed by atoms with Crippen molar-refractivity contribution in [2.24, 2.45) is 0 Å². The molecule has 394 valence electrons. The Kier molecular flexibility index (Phi) is 55.0. The fourth-order valence-electron chi connectivity index (χ4n) is 9.12. The molecular formula is C61H115NO5. The SMILES string of the molecule is CCCCCC/C=C\CCCCCCCC(=O)OCC/C=C\C/C=C\CCCCCCCCCCCCCCCCC(=O)NC(CO)C(O)CCCCCCCCCCCCCCCCCC. The minimum Gasteiger partial charge on any atom is -0.465 e. The van der Waals surface area contributed by atoms with Crippen LogP contribution in [0.4, 0.5) is 0 Å². The molecule has 0 aliphatic heterocycles. The topological polar surface area (TPSA) is 95.9 Å². The van der Waals surface area contributed by atoms with E-state index in [1.807, 2.05) is 0 Å². The van der Waals surface area contributed by atoms with E-state index in [0.717, 1.165) is 51.4 Å². The third-order valence-corrected chi connectivity index (χ3v) is 13.7. The van der Waals surface area contributed by atoms with Gasteiger partial charge in [0.2, 0.25) is 5.91 Å². The van der Waals surface area contributed by atoms with E-state index >= 15 is 0 Å². The number of nitrogens with one attached hydrogen (secondary N) is 1. The van der Waals surface area contributed by atoms with Crippen LogP contribution in [-0.4, -0.2) is 47.4 Å². The zero-order chi connectivity index (χ0) is 48.6. The molecule has 3 N–H and O–H groups in total. The van der Waals surface area contributed by atoms with Gasteiger partial charge >= 0.3 is 5.97 Å². The van der Waals surface area contributed by atoms with E-state index in [1.165, 1.54) is 231 Å². The molecule has 0 aliphatic rings. The Morgan fingerprint density at radius 3 is 1.16 bits per heavy atom. The van der Waals surface area contributed by atoms with Crippen molar-refractivity contribution in [3.63, 3.8) is 0 Å². The van der Waals surface area contributed by atoms with Gasteiger partial charge in [0.25, 0.3) is 0 Å². The molecule has 2 atom stereocenters. The fourth-order valence-corrected chi connectivity index (χ4v) is 9.12. The summed E-state index contributed by atoms with van der Waals surface area (Å²) in [6.45, 7) is 4.83. The van der Waals surface area contributed by atoms with Gasteiger partial charge in [0.05, 0.1) is 25.4 Å². The normalized spacial score (nSPS) is 12.8. The predicted molar refractivity (Wildman–Crippen MR) is 292 cm³/mol. The number of aliphatic hydroxyl groups is 2. The van der Waals surface area contributed by atoms with E-state index in [-0.39, 0.29) is 18.5 Å². The molecule has 0 spiro atoms. The smallest absolute Gasteiger partial charge is 0.305 e. The third-order valence-electron chi connectivity index (χ3n) is 13.7. The summed E-state index contributed by atoms with van der Waals surface area (Å²) in [4.78, 5) is 24.5. The van der Waals surface area contributed by atoms with E-state index in [2.05, 4.69) is 55.6 Å². The van der Waals surface area contributed by atoms with Crippen molar-refractivity contribution in [2.75, 3.05) is 13.2 Å². The highest BCUT2D eigenvalue weighted by atomic mass is 16.5. The van der Waals surface area contributed by atoms with Gasteiger partial charge in [0, 0.05) is 12.8 Å². The van der Waals surface area contributed by atoms with Gasteiger partial charge in [-0.3, -0.25) is 9.59 Å². The summed E-state index contributed by atoms with van der Waals surface area (Å²) < 4.78 is 5.40. The molecule has 67 heavy (non-hydrogen) atoms. The van der Waals surface area contributed by atoms with Crippen LogP contribution < -0.4 is 5.32 Å². The quantitative estimate of drug-likeness (QED) is 0.0321. The molecule has 0 radical (unpaired) electrons. The number of rotatable bonds is 55. The number of carbonyl (C=O) groups is 2. The Balaban J connectivity index is 3.46. The maximum atomic E-state index is 12.5. The number of esters is 1. The van der Waals surface area contributed by atoms with Crippen molar-refractivity contribution in [3.05, 3.63) is 36.5 Å². The molecule has 6 nitrogen and oxygen atoms in total. The van der Waals surface area contributed by atoms with Gasteiger partial charge in [-0.05, 0) is 70.6 Å². The third kappa shape index (κ3) is 53.3. The van der Waals surface area contributed by atoms with Gasteiger partial charge in [-0.25, -0.2) is 0 Å². The zero-order valence-corrected chi connectivity index (χ0v) is 44.9. The summed E-state index contributed by atoms with van der Waals surface area (Å²) in [6.07, 6.45) is 70.1. The van der Waals surface area contributed by atoms with Gasteiger partial charge < -0.3 is 20.3 Å². The van der Waals surface area contributed by atoms with E-state index in [1.54, 1.807) is 0 Å². The fraction of sp³-hybridized carbons (Fsp3) is 0.869. The molecule has 1 amide bonds. The number of aliphatic hydroxyl groups excluding tert-OH is 2. The molecule has 0 aromatic heterocycles. The van der Waals surface area contributed by atoms with Crippen LogP contribution in [0, 0.1) is 0 Å². The number of hydrogen-bond acceptors (Lipinski definition) is 5. The average Bonchev–Trinajstić information content (AvgIpc) is 3.33. The van der Waals surface area contributed by atoms with Crippen LogP contribution in [0.15, 0.2) is 36.5 Å². The molecule has 0 aromatic rings. The first kappa shape index (κ1) is 65.1. The lowest BCUT2D eigenvalue weighted by Crippen LogP contribution is -2.45. The van der Waals surface area contributed by atoms with Gasteiger partial charge in [-0.1, -0.05) is 269 Å². The van der Waals surface area contributed by atoms with Gasteiger partial charge in [-0.2, -0.15) is 0 Å². The van der Waals surface area contributed by atoms with Crippen LogP contribution in [-0.2, 0) is 14.3 Å². The number of carbonyl (C=O) groups excluding carboxylic acids is 2. The molecule has 0 saturated carbocycles. The van der Waals surface area contributed by atoms with Crippen LogP contribution in [0.1, 0.15) is 316 Å². The Hall–Kier alpha value is -1.92. The first-order chi connectivity index (χ1) is 33.0. The Labute approximate surface area is 417 Å². The van der Waals surface area contributed by atoms with Crippen LogP contribution in [0.5, 0.6) is 0 Å². The molecule has 0 heterocycles. The van der Waals surface area contributed by atoms with Crippen LogP contribution in [0.2, 0.25) is 0 Å². The number of ether oxygens (including phenoxy) is 1. The summed E-state index contributed by atoms with van der Waals surface area (Å²) in [5.74, 6) is -0.0829. The lowest BCUT2D eigenvalue weighted by atomic mass is 10.0. The lowest BCUT2D eigenvalue weighted by Gasteiger charge is -2.22. The lowest BCUT2D eigenvalue weighted by molar-refractivity contribution is -0.143. The summed E-state index contributed by atoms with van der Waals surface area (Å²) in [6, 6.07) is -0.546. The van der Waals surface area contributed by atoms with Crippen molar-refractivity contribution < 1.29 is 24.5 Å². The molecule has 0 aliphatic carbocycles.